The van der Waals surface area contributed by atoms with Crippen LogP contribution in [0.3, 0.4) is 0 Å². The predicted molar refractivity (Wildman–Crippen MR) is 106 cm³/mol. The summed E-state index contributed by atoms with van der Waals surface area (Å²) >= 11 is 0. The maximum Gasteiger partial charge on any atom is 0.306 e. The summed E-state index contributed by atoms with van der Waals surface area (Å²) in [7, 11) is 0. The lowest BCUT2D eigenvalue weighted by Crippen LogP contribution is -2.21. The largest absolute Gasteiger partial charge is 0.481 e. The summed E-state index contributed by atoms with van der Waals surface area (Å²) in [6.45, 7) is 6.63. The van der Waals surface area contributed by atoms with E-state index in [-0.39, 0.29) is 5.92 Å². The van der Waals surface area contributed by atoms with Crippen LogP contribution in [0.5, 0.6) is 0 Å². The normalized spacial score (nSPS) is 13.8. The van der Waals surface area contributed by atoms with Crippen LogP contribution in [-0.4, -0.2) is 11.1 Å². The number of hydrogen-bond acceptors (Lipinski definition) is 1. The van der Waals surface area contributed by atoms with E-state index >= 15 is 0 Å². The third-order valence-corrected chi connectivity index (χ3v) is 5.39. The van der Waals surface area contributed by atoms with Crippen molar-refractivity contribution in [3.05, 3.63) is 0 Å². The summed E-state index contributed by atoms with van der Waals surface area (Å²) in [6, 6.07) is 0. The van der Waals surface area contributed by atoms with Crippen molar-refractivity contribution in [2.75, 3.05) is 0 Å². The zero-order chi connectivity index (χ0) is 18.0. The maximum atomic E-state index is 11.5. The van der Waals surface area contributed by atoms with Crippen molar-refractivity contribution in [3.8, 4) is 0 Å². The Morgan fingerprint density at radius 2 is 1.04 bits per heavy atom. The standard InChI is InChI=1S/C22H44O2/c1-4-6-8-10-11-12-13-15-17-19-21(22(23)24)20(3)18-16-14-9-7-5-2/h20-21H,4-19H2,1-3H3,(H,23,24). The van der Waals surface area contributed by atoms with Gasteiger partial charge in [0.25, 0.3) is 0 Å². The van der Waals surface area contributed by atoms with Gasteiger partial charge in [-0.05, 0) is 18.8 Å². The third-order valence-electron chi connectivity index (χ3n) is 5.39. The Kier molecular flexibility index (Phi) is 16.9. The highest BCUT2D eigenvalue weighted by Crippen LogP contribution is 2.25. The van der Waals surface area contributed by atoms with E-state index in [9.17, 15) is 9.90 Å². The maximum absolute atomic E-state index is 11.5. The highest BCUT2D eigenvalue weighted by Gasteiger charge is 2.23. The summed E-state index contributed by atoms with van der Waals surface area (Å²) in [5.74, 6) is -0.366. The molecule has 2 heteroatoms. The highest BCUT2D eigenvalue weighted by atomic mass is 16.4. The quantitative estimate of drug-likeness (QED) is 0.261. The van der Waals surface area contributed by atoms with Gasteiger partial charge in [-0.1, -0.05) is 111 Å². The number of carbonyl (C=O) groups is 1. The fourth-order valence-corrected chi connectivity index (χ4v) is 3.60. The first kappa shape index (κ1) is 23.5. The van der Waals surface area contributed by atoms with Gasteiger partial charge in [-0.3, -0.25) is 4.79 Å². The van der Waals surface area contributed by atoms with E-state index in [1.165, 1.54) is 83.5 Å². The molecular formula is C22H44O2. The Bertz CT molecular complexity index is 275. The van der Waals surface area contributed by atoms with Crippen LogP contribution in [0.25, 0.3) is 0 Å². The van der Waals surface area contributed by atoms with Crippen molar-refractivity contribution in [3.63, 3.8) is 0 Å². The summed E-state index contributed by atoms with van der Waals surface area (Å²) in [5, 5.41) is 9.51. The molecule has 0 bridgehead atoms. The Morgan fingerprint density at radius 3 is 1.46 bits per heavy atom. The van der Waals surface area contributed by atoms with E-state index in [0.717, 1.165) is 19.3 Å². The SMILES string of the molecule is CCCCCCCCCCCC(C(=O)O)C(C)CCCCCCC. The highest BCUT2D eigenvalue weighted by molar-refractivity contribution is 5.70. The van der Waals surface area contributed by atoms with Gasteiger partial charge in [0, 0.05) is 0 Å². The topological polar surface area (TPSA) is 37.3 Å². The molecule has 0 fully saturated rings. The van der Waals surface area contributed by atoms with Gasteiger partial charge >= 0.3 is 5.97 Å². The van der Waals surface area contributed by atoms with Crippen LogP contribution in [0.15, 0.2) is 0 Å². The second-order valence-corrected chi connectivity index (χ2v) is 7.74. The van der Waals surface area contributed by atoms with Crippen molar-refractivity contribution >= 4 is 5.97 Å². The van der Waals surface area contributed by atoms with Crippen molar-refractivity contribution in [2.45, 2.75) is 124 Å². The lowest BCUT2D eigenvalue weighted by molar-refractivity contribution is -0.143. The molecule has 0 radical (unpaired) electrons. The fourth-order valence-electron chi connectivity index (χ4n) is 3.60. The minimum atomic E-state index is -0.573. The molecular weight excluding hydrogens is 296 g/mol. The second-order valence-electron chi connectivity index (χ2n) is 7.74. The summed E-state index contributed by atoms with van der Waals surface area (Å²) in [6.07, 6.45) is 20.0. The van der Waals surface area contributed by atoms with Gasteiger partial charge < -0.3 is 5.11 Å². The molecule has 24 heavy (non-hydrogen) atoms. The van der Waals surface area contributed by atoms with Gasteiger partial charge in [-0.15, -0.1) is 0 Å². The van der Waals surface area contributed by atoms with Crippen LogP contribution in [0.4, 0.5) is 0 Å². The molecule has 0 rings (SSSR count). The lowest BCUT2D eigenvalue weighted by Gasteiger charge is -2.20. The van der Waals surface area contributed by atoms with Crippen molar-refractivity contribution in [2.24, 2.45) is 11.8 Å². The lowest BCUT2D eigenvalue weighted by atomic mass is 9.85. The van der Waals surface area contributed by atoms with Crippen LogP contribution in [-0.2, 0) is 4.79 Å². The third kappa shape index (κ3) is 13.9. The van der Waals surface area contributed by atoms with Crippen LogP contribution >= 0.6 is 0 Å². The molecule has 0 saturated heterocycles. The van der Waals surface area contributed by atoms with Crippen LogP contribution in [0, 0.1) is 11.8 Å². The first-order chi connectivity index (χ1) is 11.6. The summed E-state index contributed by atoms with van der Waals surface area (Å²) in [5.41, 5.74) is 0. The van der Waals surface area contributed by atoms with E-state index < -0.39 is 5.97 Å². The Labute approximate surface area is 151 Å². The first-order valence-electron chi connectivity index (χ1n) is 10.9. The number of hydrogen-bond donors (Lipinski definition) is 1. The fraction of sp³-hybridized carbons (Fsp3) is 0.955. The van der Waals surface area contributed by atoms with Crippen molar-refractivity contribution in [1.29, 1.82) is 0 Å². The van der Waals surface area contributed by atoms with Gasteiger partial charge in [-0.2, -0.15) is 0 Å². The Morgan fingerprint density at radius 1 is 0.667 bits per heavy atom. The average molecular weight is 341 g/mol. The van der Waals surface area contributed by atoms with E-state index in [4.69, 9.17) is 0 Å². The molecule has 0 heterocycles. The van der Waals surface area contributed by atoms with Gasteiger partial charge in [0.05, 0.1) is 5.92 Å². The van der Waals surface area contributed by atoms with Crippen LogP contribution in [0.2, 0.25) is 0 Å². The zero-order valence-corrected chi connectivity index (χ0v) is 16.8. The van der Waals surface area contributed by atoms with Gasteiger partial charge in [-0.25, -0.2) is 0 Å². The molecule has 0 saturated carbocycles. The van der Waals surface area contributed by atoms with Crippen LogP contribution < -0.4 is 0 Å². The van der Waals surface area contributed by atoms with E-state index in [1.54, 1.807) is 0 Å². The molecule has 0 aliphatic carbocycles. The molecule has 144 valence electrons. The molecule has 2 unspecified atom stereocenters. The molecule has 0 aromatic rings. The summed E-state index contributed by atoms with van der Waals surface area (Å²) < 4.78 is 0. The first-order valence-corrected chi connectivity index (χ1v) is 10.9. The monoisotopic (exact) mass is 340 g/mol. The molecule has 0 spiro atoms. The Hall–Kier alpha value is -0.530. The second kappa shape index (κ2) is 17.3. The van der Waals surface area contributed by atoms with Crippen molar-refractivity contribution in [1.82, 2.24) is 0 Å². The van der Waals surface area contributed by atoms with E-state index in [0.29, 0.717) is 5.92 Å². The number of carboxylic acids is 1. The minimum Gasteiger partial charge on any atom is -0.481 e. The predicted octanol–water partition coefficient (Wildman–Crippen LogP) is 7.60. The number of carboxylic acid groups (broad SMARTS) is 1. The Balaban J connectivity index is 3.70. The minimum absolute atomic E-state index is 0.124. The molecule has 0 aliphatic heterocycles. The smallest absolute Gasteiger partial charge is 0.306 e. The summed E-state index contributed by atoms with van der Waals surface area (Å²) in [4.78, 5) is 11.5. The molecule has 0 aliphatic rings. The average Bonchev–Trinajstić information content (AvgIpc) is 2.56. The molecule has 2 nitrogen and oxygen atoms in total. The van der Waals surface area contributed by atoms with Crippen LogP contribution in [0.1, 0.15) is 124 Å². The molecule has 0 aromatic carbocycles. The van der Waals surface area contributed by atoms with Gasteiger partial charge in [0.1, 0.15) is 0 Å². The van der Waals surface area contributed by atoms with Gasteiger partial charge in [0.15, 0.2) is 0 Å². The zero-order valence-electron chi connectivity index (χ0n) is 16.8. The number of rotatable bonds is 18. The molecule has 0 amide bonds. The van der Waals surface area contributed by atoms with Crippen molar-refractivity contribution < 1.29 is 9.90 Å². The number of unbranched alkanes of at least 4 members (excludes halogenated alkanes) is 12. The molecule has 1 N–H and O–H groups in total. The molecule has 2 atom stereocenters. The van der Waals surface area contributed by atoms with E-state index in [2.05, 4.69) is 20.8 Å². The van der Waals surface area contributed by atoms with E-state index in [1.807, 2.05) is 0 Å². The van der Waals surface area contributed by atoms with Gasteiger partial charge in [0.2, 0.25) is 0 Å². The number of aliphatic carboxylic acids is 1. The molecule has 0 aromatic heterocycles.